The highest BCUT2D eigenvalue weighted by Crippen LogP contribution is 2.28. The van der Waals surface area contributed by atoms with E-state index in [-0.39, 0.29) is 11.4 Å². The standard InChI is InChI=1S/C10H10ClNO4S/c1-6(10(13)14)17-5-7-4-8(11)2-3-9(7)12(15)16/h2-4,6H,5H2,1H3,(H,13,14). The van der Waals surface area contributed by atoms with E-state index in [1.807, 2.05) is 0 Å². The molecule has 1 atom stereocenters. The van der Waals surface area contributed by atoms with E-state index >= 15 is 0 Å². The molecular formula is C10H10ClNO4S. The first-order valence-corrected chi connectivity index (χ1v) is 6.11. The molecular weight excluding hydrogens is 266 g/mol. The van der Waals surface area contributed by atoms with Crippen molar-refractivity contribution in [2.24, 2.45) is 0 Å². The summed E-state index contributed by atoms with van der Waals surface area (Å²) in [5.41, 5.74) is 0.389. The van der Waals surface area contributed by atoms with Crippen LogP contribution in [0.5, 0.6) is 0 Å². The Morgan fingerprint density at radius 2 is 2.29 bits per heavy atom. The molecule has 0 aromatic heterocycles. The van der Waals surface area contributed by atoms with E-state index in [0.717, 1.165) is 11.8 Å². The van der Waals surface area contributed by atoms with Crippen molar-refractivity contribution in [3.63, 3.8) is 0 Å². The number of carboxylic acid groups (broad SMARTS) is 1. The van der Waals surface area contributed by atoms with Crippen LogP contribution in [-0.2, 0) is 10.5 Å². The van der Waals surface area contributed by atoms with Gasteiger partial charge >= 0.3 is 5.97 Å². The number of nitro groups is 1. The van der Waals surface area contributed by atoms with Gasteiger partial charge in [-0.2, -0.15) is 0 Å². The molecule has 0 spiro atoms. The minimum absolute atomic E-state index is 0.0421. The van der Waals surface area contributed by atoms with Gasteiger partial charge in [0.25, 0.3) is 5.69 Å². The van der Waals surface area contributed by atoms with Gasteiger partial charge in [0.15, 0.2) is 0 Å². The van der Waals surface area contributed by atoms with Crippen LogP contribution in [0.15, 0.2) is 18.2 Å². The molecule has 0 bridgehead atoms. The van der Waals surface area contributed by atoms with E-state index in [2.05, 4.69) is 0 Å². The third-order valence-corrected chi connectivity index (χ3v) is 3.49. The number of aliphatic carboxylic acids is 1. The van der Waals surface area contributed by atoms with Crippen LogP contribution in [0.1, 0.15) is 12.5 Å². The highest BCUT2D eigenvalue weighted by molar-refractivity contribution is 7.99. The van der Waals surface area contributed by atoms with Crippen molar-refractivity contribution in [2.75, 3.05) is 0 Å². The van der Waals surface area contributed by atoms with Crippen LogP contribution in [0.2, 0.25) is 5.02 Å². The largest absolute Gasteiger partial charge is 0.480 e. The Morgan fingerprint density at radius 1 is 1.65 bits per heavy atom. The molecule has 1 N–H and O–H groups in total. The van der Waals surface area contributed by atoms with Gasteiger partial charge in [-0.25, -0.2) is 0 Å². The van der Waals surface area contributed by atoms with Crippen molar-refractivity contribution in [2.45, 2.75) is 17.9 Å². The molecule has 1 rings (SSSR count). The second-order valence-corrected chi connectivity index (χ2v) is 5.09. The molecule has 0 fully saturated rings. The van der Waals surface area contributed by atoms with E-state index < -0.39 is 16.1 Å². The van der Waals surface area contributed by atoms with Gasteiger partial charge in [-0.3, -0.25) is 14.9 Å². The smallest absolute Gasteiger partial charge is 0.316 e. The zero-order valence-electron chi connectivity index (χ0n) is 8.92. The van der Waals surface area contributed by atoms with Crippen molar-refractivity contribution in [1.82, 2.24) is 0 Å². The molecule has 0 radical (unpaired) electrons. The normalized spacial score (nSPS) is 12.1. The molecule has 17 heavy (non-hydrogen) atoms. The maximum absolute atomic E-state index is 10.7. The Kier molecular flexibility index (Phi) is 4.77. The second kappa shape index (κ2) is 5.88. The fourth-order valence-electron chi connectivity index (χ4n) is 1.13. The van der Waals surface area contributed by atoms with Gasteiger partial charge in [-0.15, -0.1) is 11.8 Å². The molecule has 92 valence electrons. The lowest BCUT2D eigenvalue weighted by atomic mass is 10.2. The van der Waals surface area contributed by atoms with Gasteiger partial charge in [0, 0.05) is 22.4 Å². The summed E-state index contributed by atoms with van der Waals surface area (Å²) in [6, 6.07) is 4.25. The molecule has 0 aliphatic carbocycles. The predicted molar refractivity (Wildman–Crippen MR) is 66.5 cm³/mol. The molecule has 5 nitrogen and oxygen atoms in total. The van der Waals surface area contributed by atoms with Gasteiger partial charge in [0.05, 0.1) is 10.2 Å². The second-order valence-electron chi connectivity index (χ2n) is 3.32. The van der Waals surface area contributed by atoms with Gasteiger partial charge in [0.1, 0.15) is 0 Å². The lowest BCUT2D eigenvalue weighted by molar-refractivity contribution is -0.385. The van der Waals surface area contributed by atoms with E-state index in [1.54, 1.807) is 0 Å². The fraction of sp³-hybridized carbons (Fsp3) is 0.300. The van der Waals surface area contributed by atoms with Gasteiger partial charge in [-0.05, 0) is 19.1 Å². The number of carbonyl (C=O) groups is 1. The van der Waals surface area contributed by atoms with Crippen LogP contribution in [0.3, 0.4) is 0 Å². The van der Waals surface area contributed by atoms with E-state index in [4.69, 9.17) is 16.7 Å². The third kappa shape index (κ3) is 3.90. The Balaban J connectivity index is 2.85. The van der Waals surface area contributed by atoms with Gasteiger partial charge in [0.2, 0.25) is 0 Å². The number of thioether (sulfide) groups is 1. The first kappa shape index (κ1) is 13.8. The van der Waals surface area contributed by atoms with Crippen molar-refractivity contribution >= 4 is 35.0 Å². The molecule has 0 amide bonds. The SMILES string of the molecule is CC(SCc1cc(Cl)ccc1[N+](=O)[O-])C(=O)O. The molecule has 1 unspecified atom stereocenters. The first-order chi connectivity index (χ1) is 7.91. The average molecular weight is 276 g/mol. The summed E-state index contributed by atoms with van der Waals surface area (Å²) in [6.07, 6.45) is 0. The third-order valence-electron chi connectivity index (χ3n) is 2.07. The number of hydrogen-bond donors (Lipinski definition) is 1. The highest BCUT2D eigenvalue weighted by Gasteiger charge is 2.17. The monoisotopic (exact) mass is 275 g/mol. The van der Waals surface area contributed by atoms with Gasteiger partial charge < -0.3 is 5.11 Å². The van der Waals surface area contributed by atoms with Crippen molar-refractivity contribution in [1.29, 1.82) is 0 Å². The lowest BCUT2D eigenvalue weighted by Crippen LogP contribution is -2.11. The van der Waals surface area contributed by atoms with Crippen LogP contribution < -0.4 is 0 Å². The van der Waals surface area contributed by atoms with Crippen LogP contribution >= 0.6 is 23.4 Å². The molecule has 0 saturated carbocycles. The summed E-state index contributed by atoms with van der Waals surface area (Å²) in [7, 11) is 0. The van der Waals surface area contributed by atoms with Crippen LogP contribution in [0.25, 0.3) is 0 Å². The maximum atomic E-state index is 10.7. The van der Waals surface area contributed by atoms with Crippen LogP contribution in [0.4, 0.5) is 5.69 Å². The number of carboxylic acids is 1. The number of benzene rings is 1. The summed E-state index contributed by atoms with van der Waals surface area (Å²) in [5, 5.41) is 19.2. The van der Waals surface area contributed by atoms with Gasteiger partial charge in [-0.1, -0.05) is 11.6 Å². The van der Waals surface area contributed by atoms with Crippen molar-refractivity contribution in [3.8, 4) is 0 Å². The molecule has 0 heterocycles. The Morgan fingerprint density at radius 3 is 2.82 bits per heavy atom. The average Bonchev–Trinajstić information content (AvgIpc) is 2.25. The number of hydrogen-bond acceptors (Lipinski definition) is 4. The van der Waals surface area contributed by atoms with Crippen molar-refractivity contribution < 1.29 is 14.8 Å². The minimum atomic E-state index is -0.945. The zero-order valence-corrected chi connectivity index (χ0v) is 10.5. The number of rotatable bonds is 5. The predicted octanol–water partition coefficient (Wildman–Crippen LogP) is 2.95. The molecule has 0 aliphatic heterocycles. The molecule has 0 saturated heterocycles. The summed E-state index contributed by atoms with van der Waals surface area (Å²) in [6.45, 7) is 1.53. The summed E-state index contributed by atoms with van der Waals surface area (Å²) in [5.74, 6) is -0.704. The Bertz CT molecular complexity index is 452. The topological polar surface area (TPSA) is 80.4 Å². The van der Waals surface area contributed by atoms with E-state index in [9.17, 15) is 14.9 Å². The molecule has 7 heteroatoms. The number of nitro benzene ring substituents is 1. The summed E-state index contributed by atoms with van der Waals surface area (Å²) in [4.78, 5) is 20.9. The fourth-order valence-corrected chi connectivity index (χ4v) is 2.13. The number of halogens is 1. The van der Waals surface area contributed by atoms with E-state index in [0.29, 0.717) is 10.6 Å². The highest BCUT2D eigenvalue weighted by atomic mass is 35.5. The Hall–Kier alpha value is -1.27. The van der Waals surface area contributed by atoms with Crippen LogP contribution in [-0.4, -0.2) is 21.2 Å². The summed E-state index contributed by atoms with van der Waals surface area (Å²) < 4.78 is 0. The van der Waals surface area contributed by atoms with Crippen LogP contribution in [0, 0.1) is 10.1 Å². The van der Waals surface area contributed by atoms with Crippen molar-refractivity contribution in [3.05, 3.63) is 38.9 Å². The number of nitrogens with zero attached hydrogens (tertiary/aromatic N) is 1. The minimum Gasteiger partial charge on any atom is -0.480 e. The molecule has 1 aromatic rings. The van der Waals surface area contributed by atoms with E-state index in [1.165, 1.54) is 25.1 Å². The molecule has 0 aliphatic rings. The lowest BCUT2D eigenvalue weighted by Gasteiger charge is -2.06. The molecule has 1 aromatic carbocycles. The first-order valence-electron chi connectivity index (χ1n) is 4.69. The summed E-state index contributed by atoms with van der Waals surface area (Å²) >= 11 is 6.87. The zero-order chi connectivity index (χ0) is 13.0. The maximum Gasteiger partial charge on any atom is 0.316 e. The Labute approximate surface area is 107 Å². The quantitative estimate of drug-likeness (QED) is 0.660.